The summed E-state index contributed by atoms with van der Waals surface area (Å²) >= 11 is 0. The number of carbonyl (C=O) groups is 1. The molecule has 0 aliphatic carbocycles. The topological polar surface area (TPSA) is 62.3 Å². The van der Waals surface area contributed by atoms with E-state index in [1.807, 2.05) is 6.07 Å². The van der Waals surface area contributed by atoms with Gasteiger partial charge in [-0.3, -0.25) is 0 Å². The van der Waals surface area contributed by atoms with Crippen LogP contribution in [0.2, 0.25) is 0 Å². The lowest BCUT2D eigenvalue weighted by molar-refractivity contribution is 0.0699. The third-order valence-electron chi connectivity index (χ3n) is 2.33. The van der Waals surface area contributed by atoms with E-state index < -0.39 is 5.97 Å². The number of aromatic nitrogens is 1. The maximum absolute atomic E-state index is 10.9. The van der Waals surface area contributed by atoms with E-state index in [-0.39, 0.29) is 5.56 Å². The van der Waals surface area contributed by atoms with E-state index in [1.54, 1.807) is 25.4 Å². The molecule has 0 unspecified atom stereocenters. The van der Waals surface area contributed by atoms with E-state index in [0.29, 0.717) is 12.1 Å². The number of H-pyrrole nitrogens is 1. The Bertz CT molecular complexity index is 502. The van der Waals surface area contributed by atoms with Crippen LogP contribution in [0.25, 0.3) is 10.9 Å². The molecule has 2 aromatic rings. The zero-order valence-corrected chi connectivity index (χ0v) is 8.28. The van der Waals surface area contributed by atoms with Crippen LogP contribution < -0.4 is 0 Å². The van der Waals surface area contributed by atoms with Crippen LogP contribution in [0.5, 0.6) is 0 Å². The zero-order chi connectivity index (χ0) is 10.8. The fourth-order valence-electron chi connectivity index (χ4n) is 1.67. The van der Waals surface area contributed by atoms with Gasteiger partial charge in [-0.05, 0) is 6.07 Å². The van der Waals surface area contributed by atoms with Gasteiger partial charge in [0.05, 0.1) is 17.7 Å². The monoisotopic (exact) mass is 205 g/mol. The number of hydrogen-bond acceptors (Lipinski definition) is 2. The number of benzene rings is 1. The van der Waals surface area contributed by atoms with Gasteiger partial charge in [-0.25, -0.2) is 4.79 Å². The lowest BCUT2D eigenvalue weighted by atomic mass is 10.1. The van der Waals surface area contributed by atoms with Gasteiger partial charge >= 0.3 is 5.97 Å². The van der Waals surface area contributed by atoms with Crippen molar-refractivity contribution in [1.82, 2.24) is 4.98 Å². The fraction of sp³-hybridized carbons (Fsp3) is 0.182. The number of aromatic carboxylic acids is 1. The van der Waals surface area contributed by atoms with Gasteiger partial charge in [0.1, 0.15) is 0 Å². The van der Waals surface area contributed by atoms with Crippen molar-refractivity contribution in [2.45, 2.75) is 6.61 Å². The van der Waals surface area contributed by atoms with Gasteiger partial charge in [0.15, 0.2) is 0 Å². The molecule has 1 aromatic heterocycles. The predicted molar refractivity (Wildman–Crippen MR) is 56.0 cm³/mol. The maximum Gasteiger partial charge on any atom is 0.337 e. The van der Waals surface area contributed by atoms with E-state index >= 15 is 0 Å². The minimum Gasteiger partial charge on any atom is -0.478 e. The lowest BCUT2D eigenvalue weighted by Gasteiger charge is -1.98. The van der Waals surface area contributed by atoms with Crippen molar-refractivity contribution in [2.24, 2.45) is 0 Å². The summed E-state index contributed by atoms with van der Waals surface area (Å²) in [5, 5.41) is 9.87. The van der Waals surface area contributed by atoms with Gasteiger partial charge in [-0.2, -0.15) is 0 Å². The van der Waals surface area contributed by atoms with Gasteiger partial charge in [-0.15, -0.1) is 0 Å². The lowest BCUT2D eigenvalue weighted by Crippen LogP contribution is -1.96. The van der Waals surface area contributed by atoms with Crippen molar-refractivity contribution < 1.29 is 14.6 Å². The number of aromatic amines is 1. The van der Waals surface area contributed by atoms with Gasteiger partial charge in [0.25, 0.3) is 0 Å². The smallest absolute Gasteiger partial charge is 0.337 e. The second-order valence-electron chi connectivity index (χ2n) is 3.28. The van der Waals surface area contributed by atoms with Crippen molar-refractivity contribution in [2.75, 3.05) is 7.11 Å². The Morgan fingerprint density at radius 1 is 1.53 bits per heavy atom. The SMILES string of the molecule is COCc1c[nH]c2c(C(=O)O)cccc12. The molecular formula is C11H11NO3. The van der Waals surface area contributed by atoms with E-state index in [9.17, 15) is 4.79 Å². The highest BCUT2D eigenvalue weighted by Crippen LogP contribution is 2.22. The molecule has 0 fully saturated rings. The Morgan fingerprint density at radius 2 is 2.33 bits per heavy atom. The molecule has 2 N–H and O–H groups in total. The second kappa shape index (κ2) is 3.74. The van der Waals surface area contributed by atoms with Gasteiger partial charge in [0.2, 0.25) is 0 Å². The molecule has 0 saturated heterocycles. The molecule has 0 saturated carbocycles. The second-order valence-corrected chi connectivity index (χ2v) is 3.28. The number of hydrogen-bond donors (Lipinski definition) is 2. The van der Waals surface area contributed by atoms with Crippen molar-refractivity contribution in [3.05, 3.63) is 35.5 Å². The summed E-state index contributed by atoms with van der Waals surface area (Å²) in [7, 11) is 1.61. The number of rotatable bonds is 3. The Balaban J connectivity index is 2.63. The van der Waals surface area contributed by atoms with Crippen LogP contribution in [0.1, 0.15) is 15.9 Å². The summed E-state index contributed by atoms with van der Waals surface area (Å²) in [5.74, 6) is -0.925. The normalized spacial score (nSPS) is 10.7. The van der Waals surface area contributed by atoms with Crippen LogP contribution in [0.4, 0.5) is 0 Å². The molecule has 0 amide bonds. The summed E-state index contributed by atoms with van der Waals surface area (Å²) in [6, 6.07) is 5.20. The molecule has 15 heavy (non-hydrogen) atoms. The van der Waals surface area contributed by atoms with Gasteiger partial charge in [0, 0.05) is 24.3 Å². The standard InChI is InChI=1S/C11H11NO3/c1-15-6-7-5-12-10-8(7)3-2-4-9(10)11(13)14/h2-5,12H,6H2,1H3,(H,13,14). The molecule has 0 bridgehead atoms. The van der Waals surface area contributed by atoms with E-state index in [2.05, 4.69) is 4.98 Å². The Labute approximate surface area is 86.5 Å². The number of methoxy groups -OCH3 is 1. The zero-order valence-electron chi connectivity index (χ0n) is 8.28. The highest BCUT2D eigenvalue weighted by atomic mass is 16.5. The summed E-state index contributed by atoms with van der Waals surface area (Å²) in [5.41, 5.74) is 1.91. The third kappa shape index (κ3) is 1.59. The number of ether oxygens (including phenoxy) is 1. The largest absolute Gasteiger partial charge is 0.478 e. The van der Waals surface area contributed by atoms with E-state index in [4.69, 9.17) is 9.84 Å². The van der Waals surface area contributed by atoms with Crippen LogP contribution in [-0.2, 0) is 11.3 Å². The number of nitrogens with one attached hydrogen (secondary N) is 1. The van der Waals surface area contributed by atoms with Crippen LogP contribution in [0.3, 0.4) is 0 Å². The van der Waals surface area contributed by atoms with Crippen LogP contribution in [0.15, 0.2) is 24.4 Å². The predicted octanol–water partition coefficient (Wildman–Crippen LogP) is 2.01. The molecular weight excluding hydrogens is 194 g/mol. The Hall–Kier alpha value is -1.81. The molecule has 0 atom stereocenters. The maximum atomic E-state index is 10.9. The molecule has 4 heteroatoms. The minimum absolute atomic E-state index is 0.287. The average molecular weight is 205 g/mol. The van der Waals surface area contributed by atoms with Crippen LogP contribution in [0, 0.1) is 0 Å². The molecule has 0 radical (unpaired) electrons. The first-order valence-corrected chi connectivity index (χ1v) is 4.55. The number of para-hydroxylation sites is 1. The molecule has 1 aromatic carbocycles. The Morgan fingerprint density at radius 3 is 3.00 bits per heavy atom. The molecule has 0 spiro atoms. The highest BCUT2D eigenvalue weighted by molar-refractivity contribution is 6.02. The third-order valence-corrected chi connectivity index (χ3v) is 2.33. The molecule has 0 aliphatic rings. The molecule has 1 heterocycles. The van der Waals surface area contributed by atoms with Crippen LogP contribution in [-0.4, -0.2) is 23.2 Å². The molecule has 78 valence electrons. The van der Waals surface area contributed by atoms with Crippen molar-refractivity contribution in [3.63, 3.8) is 0 Å². The fourth-order valence-corrected chi connectivity index (χ4v) is 1.67. The first-order chi connectivity index (χ1) is 7.24. The number of carboxylic acids is 1. The number of fused-ring (bicyclic) bond motifs is 1. The summed E-state index contributed by atoms with van der Waals surface area (Å²) in [6.07, 6.45) is 1.78. The molecule has 0 aliphatic heterocycles. The number of carboxylic acid groups (broad SMARTS) is 1. The van der Waals surface area contributed by atoms with E-state index in [0.717, 1.165) is 10.9 Å². The minimum atomic E-state index is -0.925. The Kier molecular flexibility index (Phi) is 2.43. The highest BCUT2D eigenvalue weighted by Gasteiger charge is 2.11. The first kappa shape index (κ1) is 9.73. The van der Waals surface area contributed by atoms with Crippen molar-refractivity contribution in [1.29, 1.82) is 0 Å². The quantitative estimate of drug-likeness (QED) is 0.805. The van der Waals surface area contributed by atoms with Gasteiger partial charge < -0.3 is 14.8 Å². The summed E-state index contributed by atoms with van der Waals surface area (Å²) in [6.45, 7) is 0.475. The van der Waals surface area contributed by atoms with Crippen molar-refractivity contribution in [3.8, 4) is 0 Å². The summed E-state index contributed by atoms with van der Waals surface area (Å²) < 4.78 is 5.03. The van der Waals surface area contributed by atoms with Gasteiger partial charge in [-0.1, -0.05) is 12.1 Å². The van der Waals surface area contributed by atoms with E-state index in [1.165, 1.54) is 0 Å². The van der Waals surface area contributed by atoms with Crippen LogP contribution >= 0.6 is 0 Å². The summed E-state index contributed by atoms with van der Waals surface area (Å²) in [4.78, 5) is 13.9. The molecule has 4 nitrogen and oxygen atoms in total. The first-order valence-electron chi connectivity index (χ1n) is 4.55. The average Bonchev–Trinajstić information content (AvgIpc) is 2.62. The molecule has 2 rings (SSSR count). The van der Waals surface area contributed by atoms with Crippen molar-refractivity contribution >= 4 is 16.9 Å².